The van der Waals surface area contributed by atoms with Crippen molar-refractivity contribution in [3.63, 3.8) is 0 Å². The zero-order valence-corrected chi connectivity index (χ0v) is 13.7. The molecule has 0 spiro atoms. The molecule has 0 aromatic rings. The molecule has 0 aromatic carbocycles. The number of piperidine rings is 1. The molecule has 2 rings (SSSR count). The van der Waals surface area contributed by atoms with Crippen molar-refractivity contribution in [2.45, 2.75) is 69.7 Å². The zero-order valence-electron chi connectivity index (χ0n) is 13.7. The molecule has 0 unspecified atom stereocenters. The predicted molar refractivity (Wildman–Crippen MR) is 80.9 cm³/mol. The summed E-state index contributed by atoms with van der Waals surface area (Å²) in [7, 11) is 0. The summed E-state index contributed by atoms with van der Waals surface area (Å²) in [6, 6.07) is 0.276. The van der Waals surface area contributed by atoms with Crippen LogP contribution < -0.4 is 0 Å². The first-order chi connectivity index (χ1) is 10.8. The number of carbonyl (C=O) groups excluding carboxylic acids is 1. The summed E-state index contributed by atoms with van der Waals surface area (Å²) in [6.45, 7) is 2.95. The molecule has 1 saturated heterocycles. The number of hydrogen-bond donors (Lipinski definition) is 1. The van der Waals surface area contributed by atoms with Gasteiger partial charge in [-0.05, 0) is 32.6 Å². The van der Waals surface area contributed by atoms with Gasteiger partial charge in [0, 0.05) is 25.7 Å². The minimum Gasteiger partial charge on any atom is -0.380 e. The second kappa shape index (κ2) is 7.38. The van der Waals surface area contributed by atoms with E-state index in [1.807, 2.05) is 11.8 Å². The van der Waals surface area contributed by atoms with Gasteiger partial charge < -0.3 is 10.0 Å². The van der Waals surface area contributed by atoms with Gasteiger partial charge in [-0.3, -0.25) is 9.69 Å². The molecule has 1 N–H and O–H groups in total. The van der Waals surface area contributed by atoms with Crippen LogP contribution in [0.15, 0.2) is 0 Å². The van der Waals surface area contributed by atoms with Crippen molar-refractivity contribution in [3.05, 3.63) is 0 Å². The number of halogens is 3. The third-order valence-electron chi connectivity index (χ3n) is 5.25. The van der Waals surface area contributed by atoms with E-state index in [0.717, 1.165) is 25.7 Å². The molecule has 0 bridgehead atoms. The van der Waals surface area contributed by atoms with Crippen LogP contribution in [-0.4, -0.2) is 64.8 Å². The number of likely N-dealkylation sites (N-methyl/N-ethyl adjacent to an activating group) is 1. The summed E-state index contributed by atoms with van der Waals surface area (Å²) in [5, 5.41) is 9.67. The van der Waals surface area contributed by atoms with Gasteiger partial charge in [0.05, 0.1) is 6.54 Å². The van der Waals surface area contributed by atoms with E-state index < -0.39 is 11.8 Å². The maximum Gasteiger partial charge on any atom is 0.417 e. The van der Waals surface area contributed by atoms with Gasteiger partial charge in [-0.1, -0.05) is 19.3 Å². The molecule has 134 valence electrons. The Bertz CT molecular complexity index is 401. The van der Waals surface area contributed by atoms with Crippen molar-refractivity contribution in [1.82, 2.24) is 9.80 Å². The molecule has 0 radical (unpaired) electrons. The van der Waals surface area contributed by atoms with Gasteiger partial charge in [0.2, 0.25) is 5.91 Å². The Morgan fingerprint density at radius 3 is 2.26 bits per heavy atom. The van der Waals surface area contributed by atoms with Crippen LogP contribution in [-0.2, 0) is 4.79 Å². The van der Waals surface area contributed by atoms with E-state index >= 15 is 0 Å². The number of aliphatic hydroxyl groups is 1. The second-order valence-electron chi connectivity index (χ2n) is 6.78. The monoisotopic (exact) mass is 336 g/mol. The van der Waals surface area contributed by atoms with Crippen molar-refractivity contribution in [1.29, 1.82) is 0 Å². The van der Waals surface area contributed by atoms with E-state index in [-0.39, 0.29) is 44.4 Å². The van der Waals surface area contributed by atoms with E-state index in [4.69, 9.17) is 0 Å². The first-order valence-corrected chi connectivity index (χ1v) is 8.58. The van der Waals surface area contributed by atoms with Crippen molar-refractivity contribution >= 4 is 5.91 Å². The lowest BCUT2D eigenvalue weighted by atomic mass is 9.90. The van der Waals surface area contributed by atoms with Crippen LogP contribution in [0.5, 0.6) is 0 Å². The van der Waals surface area contributed by atoms with Crippen LogP contribution in [0.2, 0.25) is 0 Å². The third kappa shape index (κ3) is 4.38. The Hall–Kier alpha value is -0.820. The molecular formula is C16H27F3N2O2. The highest BCUT2D eigenvalue weighted by Gasteiger charge is 2.54. The molecule has 7 heteroatoms. The average Bonchev–Trinajstić information content (AvgIpc) is 2.50. The molecule has 0 atom stereocenters. The summed E-state index contributed by atoms with van der Waals surface area (Å²) in [5.41, 5.74) is -2.60. The molecule has 1 heterocycles. The Balaban J connectivity index is 1.86. The predicted octanol–water partition coefficient (Wildman–Crippen LogP) is 2.56. The van der Waals surface area contributed by atoms with E-state index in [9.17, 15) is 23.1 Å². The number of rotatable bonds is 4. The summed E-state index contributed by atoms with van der Waals surface area (Å²) >= 11 is 0. The van der Waals surface area contributed by atoms with Gasteiger partial charge in [0.15, 0.2) is 5.60 Å². The molecular weight excluding hydrogens is 309 g/mol. The fourth-order valence-electron chi connectivity index (χ4n) is 3.68. The van der Waals surface area contributed by atoms with Crippen molar-refractivity contribution in [2.24, 2.45) is 0 Å². The lowest BCUT2D eigenvalue weighted by Gasteiger charge is -2.40. The van der Waals surface area contributed by atoms with E-state index in [0.29, 0.717) is 6.54 Å². The maximum absolute atomic E-state index is 12.8. The summed E-state index contributed by atoms with van der Waals surface area (Å²) in [5.74, 6) is -0.00292. The van der Waals surface area contributed by atoms with Crippen molar-refractivity contribution in [3.8, 4) is 0 Å². The molecule has 23 heavy (non-hydrogen) atoms. The molecule has 2 fully saturated rings. The van der Waals surface area contributed by atoms with Crippen molar-refractivity contribution < 1.29 is 23.1 Å². The lowest BCUT2D eigenvalue weighted by molar-refractivity contribution is -0.272. The van der Waals surface area contributed by atoms with Crippen molar-refractivity contribution in [2.75, 3.05) is 26.2 Å². The van der Waals surface area contributed by atoms with Gasteiger partial charge >= 0.3 is 6.18 Å². The molecule has 4 nitrogen and oxygen atoms in total. The highest BCUT2D eigenvalue weighted by Crippen LogP contribution is 2.38. The van der Waals surface area contributed by atoms with Gasteiger partial charge in [0.25, 0.3) is 0 Å². The second-order valence-corrected chi connectivity index (χ2v) is 6.78. The van der Waals surface area contributed by atoms with Gasteiger partial charge in [-0.2, -0.15) is 13.2 Å². The summed E-state index contributed by atoms with van der Waals surface area (Å²) in [4.78, 5) is 16.1. The molecule has 1 aliphatic heterocycles. The molecule has 1 aliphatic carbocycles. The standard InChI is InChI=1S/C16H27F3N2O2/c1-2-21(13-6-4-3-5-7-13)14(22)12-20-10-8-15(23,9-11-20)16(17,18)19/h13,23H,2-12H2,1H3. The highest BCUT2D eigenvalue weighted by molar-refractivity contribution is 5.78. The quantitative estimate of drug-likeness (QED) is 0.858. The lowest BCUT2D eigenvalue weighted by Crippen LogP contribution is -2.55. The normalized spacial score (nSPS) is 23.7. The Labute approximate surface area is 135 Å². The SMILES string of the molecule is CCN(C(=O)CN1CCC(O)(C(F)(F)F)CC1)C1CCCCC1. The van der Waals surface area contributed by atoms with E-state index in [2.05, 4.69) is 0 Å². The number of alkyl halides is 3. The average molecular weight is 336 g/mol. The first kappa shape index (κ1) is 18.5. The number of nitrogens with zero attached hydrogens (tertiary/aromatic N) is 2. The Kier molecular flexibility index (Phi) is 5.94. The minimum atomic E-state index is -4.60. The summed E-state index contributed by atoms with van der Waals surface area (Å²) < 4.78 is 38.4. The third-order valence-corrected chi connectivity index (χ3v) is 5.25. The number of carbonyl (C=O) groups is 1. The van der Waals surface area contributed by atoms with E-state index in [1.54, 1.807) is 4.90 Å². The van der Waals surface area contributed by atoms with Crippen LogP contribution in [0.1, 0.15) is 51.9 Å². The van der Waals surface area contributed by atoms with Crippen LogP contribution in [0, 0.1) is 0 Å². The first-order valence-electron chi connectivity index (χ1n) is 8.58. The largest absolute Gasteiger partial charge is 0.417 e. The highest BCUT2D eigenvalue weighted by atomic mass is 19.4. The van der Waals surface area contributed by atoms with E-state index in [1.165, 1.54) is 6.42 Å². The summed E-state index contributed by atoms with van der Waals surface area (Å²) in [6.07, 6.45) is 0.206. The molecule has 2 aliphatic rings. The fraction of sp³-hybridized carbons (Fsp3) is 0.938. The number of hydrogen-bond acceptors (Lipinski definition) is 3. The number of likely N-dealkylation sites (tertiary alicyclic amines) is 1. The van der Waals surface area contributed by atoms with Gasteiger partial charge in [-0.25, -0.2) is 0 Å². The zero-order chi connectivity index (χ0) is 17.1. The van der Waals surface area contributed by atoms with Crippen LogP contribution in [0.25, 0.3) is 0 Å². The minimum absolute atomic E-state index is 0.00292. The fourth-order valence-corrected chi connectivity index (χ4v) is 3.68. The Morgan fingerprint density at radius 2 is 1.78 bits per heavy atom. The molecule has 1 amide bonds. The number of amides is 1. The van der Waals surface area contributed by atoms with Gasteiger partial charge in [0.1, 0.15) is 0 Å². The topological polar surface area (TPSA) is 43.8 Å². The smallest absolute Gasteiger partial charge is 0.380 e. The maximum atomic E-state index is 12.8. The molecule has 1 saturated carbocycles. The van der Waals surface area contributed by atoms with Crippen LogP contribution in [0.3, 0.4) is 0 Å². The Morgan fingerprint density at radius 1 is 1.22 bits per heavy atom. The molecule has 0 aromatic heterocycles. The van der Waals surface area contributed by atoms with Gasteiger partial charge in [-0.15, -0.1) is 0 Å². The van der Waals surface area contributed by atoms with Crippen LogP contribution in [0.4, 0.5) is 13.2 Å². The van der Waals surface area contributed by atoms with Crippen LogP contribution >= 0.6 is 0 Å².